The molecule has 19 heavy (non-hydrogen) atoms. The van der Waals surface area contributed by atoms with E-state index < -0.39 is 6.10 Å². The smallest absolute Gasteiger partial charge is 0.0943 e. The van der Waals surface area contributed by atoms with E-state index in [0.717, 1.165) is 35.1 Å². The van der Waals surface area contributed by atoms with Crippen molar-refractivity contribution in [1.82, 2.24) is 10.3 Å². The van der Waals surface area contributed by atoms with Crippen LogP contribution in [0.2, 0.25) is 0 Å². The van der Waals surface area contributed by atoms with Crippen molar-refractivity contribution in [2.45, 2.75) is 38.3 Å². The largest absolute Gasteiger partial charge is 0.387 e. The number of hydrogen-bond donors (Lipinski definition) is 2. The lowest BCUT2D eigenvalue weighted by molar-refractivity contribution is 0.114. The third-order valence-corrected chi connectivity index (χ3v) is 3.92. The average molecular weight is 256 g/mol. The Labute approximate surface area is 113 Å². The second kappa shape index (κ2) is 5.27. The van der Waals surface area contributed by atoms with E-state index in [0.29, 0.717) is 0 Å². The molecular weight excluding hydrogens is 236 g/mol. The van der Waals surface area contributed by atoms with E-state index in [4.69, 9.17) is 0 Å². The van der Waals surface area contributed by atoms with Crippen LogP contribution in [0.4, 0.5) is 0 Å². The molecule has 2 N–H and O–H groups in total. The molecule has 3 nitrogen and oxygen atoms in total. The molecule has 100 valence electrons. The summed E-state index contributed by atoms with van der Waals surface area (Å²) in [6.45, 7) is 3.00. The Hall–Kier alpha value is -1.45. The maximum absolute atomic E-state index is 10.5. The number of pyridine rings is 1. The maximum atomic E-state index is 10.5. The van der Waals surface area contributed by atoms with Crippen LogP contribution in [0, 0.1) is 6.92 Å². The first-order valence-electron chi connectivity index (χ1n) is 7.03. The summed E-state index contributed by atoms with van der Waals surface area (Å²) < 4.78 is 0. The van der Waals surface area contributed by atoms with Gasteiger partial charge in [0.25, 0.3) is 0 Å². The topological polar surface area (TPSA) is 45.1 Å². The number of aryl methyl sites for hydroxylation is 1. The molecule has 2 unspecified atom stereocenters. The van der Waals surface area contributed by atoms with Gasteiger partial charge in [-0.3, -0.25) is 4.98 Å². The van der Waals surface area contributed by atoms with Crippen LogP contribution in [0.3, 0.4) is 0 Å². The van der Waals surface area contributed by atoms with Crippen molar-refractivity contribution < 1.29 is 5.11 Å². The van der Waals surface area contributed by atoms with Crippen LogP contribution in [0.5, 0.6) is 0 Å². The number of hydrogen-bond acceptors (Lipinski definition) is 3. The van der Waals surface area contributed by atoms with E-state index in [-0.39, 0.29) is 6.04 Å². The molecule has 1 aliphatic rings. The van der Waals surface area contributed by atoms with Gasteiger partial charge in [-0.15, -0.1) is 0 Å². The van der Waals surface area contributed by atoms with E-state index in [9.17, 15) is 5.11 Å². The SMILES string of the molecule is Cc1ccc2cc(C(O)C3CCCCN3)ccc2n1. The summed E-state index contributed by atoms with van der Waals surface area (Å²) in [4.78, 5) is 4.49. The summed E-state index contributed by atoms with van der Waals surface area (Å²) in [5, 5.41) is 15.0. The Morgan fingerprint density at radius 3 is 2.95 bits per heavy atom. The first-order valence-corrected chi connectivity index (χ1v) is 7.03. The number of nitrogens with zero attached hydrogens (tertiary/aromatic N) is 1. The van der Waals surface area contributed by atoms with Gasteiger partial charge in [0.2, 0.25) is 0 Å². The zero-order valence-electron chi connectivity index (χ0n) is 11.3. The van der Waals surface area contributed by atoms with Gasteiger partial charge in [0.15, 0.2) is 0 Å². The molecule has 2 atom stereocenters. The first kappa shape index (κ1) is 12.6. The Bertz CT molecular complexity index is 576. The van der Waals surface area contributed by atoms with Gasteiger partial charge in [-0.2, -0.15) is 0 Å². The first-order chi connectivity index (χ1) is 9.24. The fourth-order valence-corrected chi connectivity index (χ4v) is 2.81. The van der Waals surface area contributed by atoms with Gasteiger partial charge >= 0.3 is 0 Å². The highest BCUT2D eigenvalue weighted by Gasteiger charge is 2.22. The lowest BCUT2D eigenvalue weighted by atomic mass is 9.94. The van der Waals surface area contributed by atoms with E-state index in [1.54, 1.807) is 0 Å². The van der Waals surface area contributed by atoms with E-state index >= 15 is 0 Å². The molecule has 3 rings (SSSR count). The molecule has 0 spiro atoms. The van der Waals surface area contributed by atoms with Crippen LogP contribution in [0.25, 0.3) is 10.9 Å². The van der Waals surface area contributed by atoms with Gasteiger partial charge < -0.3 is 10.4 Å². The van der Waals surface area contributed by atoms with Crippen molar-refractivity contribution in [3.8, 4) is 0 Å². The molecule has 3 heteroatoms. The third-order valence-electron chi connectivity index (χ3n) is 3.92. The van der Waals surface area contributed by atoms with Crippen molar-refractivity contribution in [2.75, 3.05) is 6.54 Å². The zero-order valence-corrected chi connectivity index (χ0v) is 11.3. The minimum atomic E-state index is -0.425. The molecule has 0 bridgehead atoms. The standard InChI is InChI=1S/C16H20N2O/c1-11-5-6-12-10-13(7-8-14(12)18-11)16(19)15-4-2-3-9-17-15/h5-8,10,15-17,19H,2-4,9H2,1H3. The zero-order chi connectivity index (χ0) is 13.2. The highest BCUT2D eigenvalue weighted by Crippen LogP contribution is 2.25. The Kier molecular flexibility index (Phi) is 3.49. The van der Waals surface area contributed by atoms with Gasteiger partial charge in [0, 0.05) is 17.1 Å². The number of benzene rings is 1. The monoisotopic (exact) mass is 256 g/mol. The summed E-state index contributed by atoms with van der Waals surface area (Å²) in [6, 6.07) is 10.3. The van der Waals surface area contributed by atoms with Gasteiger partial charge in [-0.05, 0) is 50.1 Å². The molecule has 0 aliphatic carbocycles. The molecule has 0 saturated carbocycles. The van der Waals surface area contributed by atoms with Crippen LogP contribution in [-0.4, -0.2) is 22.7 Å². The Morgan fingerprint density at radius 1 is 1.26 bits per heavy atom. The van der Waals surface area contributed by atoms with Crippen LogP contribution < -0.4 is 5.32 Å². The van der Waals surface area contributed by atoms with Crippen LogP contribution >= 0.6 is 0 Å². The second-order valence-electron chi connectivity index (χ2n) is 5.41. The molecule has 0 radical (unpaired) electrons. The normalized spacial score (nSPS) is 21.5. The fraction of sp³-hybridized carbons (Fsp3) is 0.438. The fourth-order valence-electron chi connectivity index (χ4n) is 2.81. The Morgan fingerprint density at radius 2 is 2.16 bits per heavy atom. The quantitative estimate of drug-likeness (QED) is 0.868. The summed E-state index contributed by atoms with van der Waals surface area (Å²) in [6.07, 6.45) is 3.03. The van der Waals surface area contributed by atoms with Crippen LogP contribution in [-0.2, 0) is 0 Å². The molecular formula is C16H20N2O. The van der Waals surface area contributed by atoms with Crippen LogP contribution in [0.15, 0.2) is 30.3 Å². The highest BCUT2D eigenvalue weighted by atomic mass is 16.3. The van der Waals surface area contributed by atoms with Crippen molar-refractivity contribution in [3.05, 3.63) is 41.6 Å². The number of fused-ring (bicyclic) bond motifs is 1. The van der Waals surface area contributed by atoms with Crippen molar-refractivity contribution in [2.24, 2.45) is 0 Å². The average Bonchev–Trinajstić information content (AvgIpc) is 2.47. The molecule has 2 aromatic rings. The van der Waals surface area contributed by atoms with Gasteiger partial charge in [0.05, 0.1) is 11.6 Å². The number of piperidine rings is 1. The second-order valence-corrected chi connectivity index (χ2v) is 5.41. The Balaban J connectivity index is 1.89. The number of rotatable bonds is 2. The summed E-state index contributed by atoms with van der Waals surface area (Å²) in [5.41, 5.74) is 3.00. The number of aliphatic hydroxyl groups excluding tert-OH is 1. The summed E-state index contributed by atoms with van der Waals surface area (Å²) in [7, 11) is 0. The molecule has 1 aromatic carbocycles. The molecule has 1 aliphatic heterocycles. The van der Waals surface area contributed by atoms with E-state index in [1.807, 2.05) is 25.1 Å². The van der Waals surface area contributed by atoms with Crippen molar-refractivity contribution in [1.29, 1.82) is 0 Å². The number of aliphatic hydroxyl groups is 1. The number of nitrogens with one attached hydrogen (secondary N) is 1. The van der Waals surface area contributed by atoms with E-state index in [2.05, 4.69) is 22.4 Å². The predicted octanol–water partition coefficient (Wildman–Crippen LogP) is 2.72. The molecule has 1 saturated heterocycles. The van der Waals surface area contributed by atoms with Gasteiger partial charge in [-0.25, -0.2) is 0 Å². The lowest BCUT2D eigenvalue weighted by Gasteiger charge is -2.28. The van der Waals surface area contributed by atoms with E-state index in [1.165, 1.54) is 12.8 Å². The van der Waals surface area contributed by atoms with Gasteiger partial charge in [-0.1, -0.05) is 18.6 Å². The maximum Gasteiger partial charge on any atom is 0.0943 e. The lowest BCUT2D eigenvalue weighted by Crippen LogP contribution is -2.38. The minimum Gasteiger partial charge on any atom is -0.387 e. The van der Waals surface area contributed by atoms with Crippen LogP contribution in [0.1, 0.15) is 36.6 Å². The van der Waals surface area contributed by atoms with Gasteiger partial charge in [0.1, 0.15) is 0 Å². The summed E-state index contributed by atoms with van der Waals surface area (Å²) in [5.74, 6) is 0. The third kappa shape index (κ3) is 2.62. The molecule has 2 heterocycles. The molecule has 1 fully saturated rings. The minimum absolute atomic E-state index is 0.185. The predicted molar refractivity (Wildman–Crippen MR) is 77.1 cm³/mol. The molecule has 1 aromatic heterocycles. The van der Waals surface area contributed by atoms with Crippen molar-refractivity contribution in [3.63, 3.8) is 0 Å². The summed E-state index contributed by atoms with van der Waals surface area (Å²) >= 11 is 0. The molecule has 0 amide bonds. The highest BCUT2D eigenvalue weighted by molar-refractivity contribution is 5.79. The van der Waals surface area contributed by atoms with Crippen molar-refractivity contribution >= 4 is 10.9 Å². The number of aromatic nitrogens is 1.